The molecule has 6 nitrogen and oxygen atoms in total. The summed E-state index contributed by atoms with van der Waals surface area (Å²) >= 11 is 0. The molecule has 0 fully saturated rings. The lowest BCUT2D eigenvalue weighted by atomic mass is 10.1. The molecule has 0 bridgehead atoms. The number of aromatic carboxylic acids is 1. The number of H-pyrrole nitrogens is 1. The van der Waals surface area contributed by atoms with Crippen molar-refractivity contribution in [3.8, 4) is 0 Å². The van der Waals surface area contributed by atoms with Crippen molar-refractivity contribution in [2.24, 2.45) is 0 Å². The fourth-order valence-electron chi connectivity index (χ4n) is 2.59. The molecule has 2 heterocycles. The Bertz CT molecular complexity index is 971. The molecular formula is C16H14FN3O3. The molecule has 0 unspecified atom stereocenters. The van der Waals surface area contributed by atoms with Gasteiger partial charge in [-0.05, 0) is 31.5 Å². The fourth-order valence-corrected chi connectivity index (χ4v) is 2.59. The van der Waals surface area contributed by atoms with Crippen molar-refractivity contribution in [2.75, 3.05) is 0 Å². The first-order valence-corrected chi connectivity index (χ1v) is 6.97. The number of benzene rings is 1. The Morgan fingerprint density at radius 2 is 1.96 bits per heavy atom. The molecule has 0 aliphatic rings. The van der Waals surface area contributed by atoms with Crippen molar-refractivity contribution in [2.45, 2.75) is 20.3 Å². The van der Waals surface area contributed by atoms with Gasteiger partial charge in [-0.25, -0.2) is 18.7 Å². The lowest BCUT2D eigenvalue weighted by Crippen LogP contribution is -2.22. The highest BCUT2D eigenvalue weighted by Crippen LogP contribution is 2.15. The highest BCUT2D eigenvalue weighted by molar-refractivity contribution is 5.95. The third kappa shape index (κ3) is 2.50. The summed E-state index contributed by atoms with van der Waals surface area (Å²) in [4.78, 5) is 28.2. The third-order valence-corrected chi connectivity index (χ3v) is 3.77. The number of carboxylic acids is 1. The molecule has 0 spiro atoms. The smallest absolute Gasteiger partial charge is 0.341 e. The molecule has 1 aromatic carbocycles. The predicted octanol–water partition coefficient (Wildman–Crippen LogP) is 2.07. The lowest BCUT2D eigenvalue weighted by Gasteiger charge is -2.06. The third-order valence-electron chi connectivity index (χ3n) is 3.77. The number of nitrogens with zero attached hydrogens (tertiary/aromatic N) is 2. The van der Waals surface area contributed by atoms with Crippen molar-refractivity contribution in [1.82, 2.24) is 14.6 Å². The molecule has 2 N–H and O–H groups in total. The van der Waals surface area contributed by atoms with E-state index in [0.717, 1.165) is 10.1 Å². The Hall–Kier alpha value is -2.96. The first-order valence-electron chi connectivity index (χ1n) is 6.97. The summed E-state index contributed by atoms with van der Waals surface area (Å²) in [5.41, 5.74) is 1.76. The molecule has 2 aromatic heterocycles. The fraction of sp³-hybridized carbons (Fsp3) is 0.188. The van der Waals surface area contributed by atoms with E-state index in [2.05, 4.69) is 10.1 Å². The number of aryl methyl sites for hydroxylation is 2. The number of hydrogen-bond acceptors (Lipinski definition) is 3. The van der Waals surface area contributed by atoms with Gasteiger partial charge in [0.2, 0.25) is 0 Å². The van der Waals surface area contributed by atoms with Crippen LogP contribution in [0.2, 0.25) is 0 Å². The van der Waals surface area contributed by atoms with Gasteiger partial charge in [0.1, 0.15) is 11.4 Å². The second kappa shape index (κ2) is 5.35. The topological polar surface area (TPSA) is 87.5 Å². The zero-order valence-electron chi connectivity index (χ0n) is 12.6. The maximum Gasteiger partial charge on any atom is 0.341 e. The molecule has 23 heavy (non-hydrogen) atoms. The van der Waals surface area contributed by atoms with Gasteiger partial charge in [0.25, 0.3) is 5.56 Å². The van der Waals surface area contributed by atoms with Gasteiger partial charge in [-0.15, -0.1) is 0 Å². The second-order valence-corrected chi connectivity index (χ2v) is 5.36. The van der Waals surface area contributed by atoms with Crippen LogP contribution in [0.4, 0.5) is 4.39 Å². The van der Waals surface area contributed by atoms with Gasteiger partial charge in [-0.1, -0.05) is 12.1 Å². The van der Waals surface area contributed by atoms with Crippen molar-refractivity contribution in [1.29, 1.82) is 0 Å². The van der Waals surface area contributed by atoms with Crippen LogP contribution in [0.1, 0.15) is 32.9 Å². The number of hydrogen-bond donors (Lipinski definition) is 2. The van der Waals surface area contributed by atoms with E-state index in [0.29, 0.717) is 23.4 Å². The summed E-state index contributed by atoms with van der Waals surface area (Å²) in [6.07, 6.45) is 0.293. The molecule has 0 radical (unpaired) electrons. The summed E-state index contributed by atoms with van der Waals surface area (Å²) < 4.78 is 14.1. The van der Waals surface area contributed by atoms with E-state index in [4.69, 9.17) is 0 Å². The van der Waals surface area contributed by atoms with Gasteiger partial charge in [-0.2, -0.15) is 0 Å². The first kappa shape index (κ1) is 15.0. The number of carboxylic acid groups (broad SMARTS) is 1. The molecular weight excluding hydrogens is 301 g/mol. The minimum atomic E-state index is -1.14. The highest BCUT2D eigenvalue weighted by Gasteiger charge is 2.20. The molecule has 3 aromatic rings. The molecule has 118 valence electrons. The number of rotatable bonds is 3. The molecule has 0 aliphatic heterocycles. The Labute approximate surface area is 130 Å². The lowest BCUT2D eigenvalue weighted by molar-refractivity contribution is 0.0698. The molecule has 3 rings (SSSR count). The van der Waals surface area contributed by atoms with Crippen LogP contribution in [0, 0.1) is 19.7 Å². The van der Waals surface area contributed by atoms with Gasteiger partial charge < -0.3 is 5.11 Å². The van der Waals surface area contributed by atoms with E-state index >= 15 is 0 Å². The van der Waals surface area contributed by atoms with E-state index in [1.165, 1.54) is 12.1 Å². The number of aromatic nitrogens is 3. The zero-order valence-corrected chi connectivity index (χ0v) is 12.6. The monoisotopic (exact) mass is 315 g/mol. The SMILES string of the molecule is Cc1nc2c(C(=O)O)c(C)[nH]n2c(=O)c1Cc1ccc(F)cc1. The van der Waals surface area contributed by atoms with Crippen LogP contribution in [0.15, 0.2) is 29.1 Å². The highest BCUT2D eigenvalue weighted by atomic mass is 19.1. The van der Waals surface area contributed by atoms with E-state index in [9.17, 15) is 19.1 Å². The molecule has 0 atom stereocenters. The summed E-state index contributed by atoms with van der Waals surface area (Å²) in [5, 5.41) is 12.0. The Kier molecular flexibility index (Phi) is 3.48. The number of nitrogens with one attached hydrogen (secondary N) is 1. The minimum absolute atomic E-state index is 0.0152. The Balaban J connectivity index is 2.17. The normalized spacial score (nSPS) is 11.1. The summed E-state index contributed by atoms with van der Waals surface area (Å²) in [6.45, 7) is 3.24. The summed E-state index contributed by atoms with van der Waals surface area (Å²) in [6, 6.07) is 5.86. The average Bonchev–Trinajstić information content (AvgIpc) is 2.82. The van der Waals surface area contributed by atoms with Gasteiger partial charge >= 0.3 is 5.97 Å². The molecule has 7 heteroatoms. The van der Waals surface area contributed by atoms with Crippen LogP contribution in [-0.4, -0.2) is 25.7 Å². The van der Waals surface area contributed by atoms with Crippen LogP contribution >= 0.6 is 0 Å². The van der Waals surface area contributed by atoms with Crippen molar-refractivity contribution in [3.05, 3.63) is 68.5 Å². The summed E-state index contributed by atoms with van der Waals surface area (Å²) in [5.74, 6) is -1.49. The van der Waals surface area contributed by atoms with E-state index in [1.807, 2.05) is 0 Å². The first-order chi connectivity index (χ1) is 10.9. The number of carbonyl (C=O) groups is 1. The van der Waals surface area contributed by atoms with E-state index in [1.54, 1.807) is 26.0 Å². The standard InChI is InChI=1S/C16H14FN3O3/c1-8-12(7-10-3-5-11(17)6-4-10)15(21)20-14(18-8)13(16(22)23)9(2)19-20/h3-6,19H,7H2,1-2H3,(H,22,23). The predicted molar refractivity (Wildman–Crippen MR) is 81.5 cm³/mol. The minimum Gasteiger partial charge on any atom is -0.477 e. The van der Waals surface area contributed by atoms with Crippen molar-refractivity contribution >= 4 is 11.6 Å². The molecule has 0 aliphatic carbocycles. The zero-order chi connectivity index (χ0) is 16.7. The van der Waals surface area contributed by atoms with Crippen LogP contribution < -0.4 is 5.56 Å². The van der Waals surface area contributed by atoms with E-state index < -0.39 is 5.97 Å². The van der Waals surface area contributed by atoms with Gasteiger partial charge in [0, 0.05) is 23.4 Å². The van der Waals surface area contributed by atoms with Crippen LogP contribution in [0.25, 0.3) is 5.65 Å². The second-order valence-electron chi connectivity index (χ2n) is 5.36. The van der Waals surface area contributed by atoms with Crippen LogP contribution in [0.3, 0.4) is 0 Å². The van der Waals surface area contributed by atoms with Crippen molar-refractivity contribution in [3.63, 3.8) is 0 Å². The quantitative estimate of drug-likeness (QED) is 0.774. The number of halogens is 1. The Morgan fingerprint density at radius 3 is 2.57 bits per heavy atom. The van der Waals surface area contributed by atoms with Crippen LogP contribution in [0.5, 0.6) is 0 Å². The molecule has 0 saturated carbocycles. The van der Waals surface area contributed by atoms with Crippen molar-refractivity contribution < 1.29 is 14.3 Å². The van der Waals surface area contributed by atoms with Gasteiger partial charge in [-0.3, -0.25) is 9.89 Å². The number of fused-ring (bicyclic) bond motifs is 1. The van der Waals surface area contributed by atoms with Crippen LogP contribution in [-0.2, 0) is 6.42 Å². The Morgan fingerprint density at radius 1 is 1.30 bits per heavy atom. The maximum absolute atomic E-state index is 13.0. The number of aromatic amines is 1. The van der Waals surface area contributed by atoms with E-state index in [-0.39, 0.29) is 22.6 Å². The van der Waals surface area contributed by atoms with Gasteiger partial charge in [0.05, 0.1) is 0 Å². The summed E-state index contributed by atoms with van der Waals surface area (Å²) in [7, 11) is 0. The molecule has 0 saturated heterocycles. The largest absolute Gasteiger partial charge is 0.477 e. The molecule has 0 amide bonds. The average molecular weight is 315 g/mol. The maximum atomic E-state index is 13.0. The van der Waals surface area contributed by atoms with Gasteiger partial charge in [0.15, 0.2) is 5.65 Å².